The van der Waals surface area contributed by atoms with E-state index < -0.39 is 0 Å². The maximum absolute atomic E-state index is 10.5. The summed E-state index contributed by atoms with van der Waals surface area (Å²) in [6, 6.07) is 0. The van der Waals surface area contributed by atoms with Crippen LogP contribution in [-0.4, -0.2) is 12.6 Å². The third kappa shape index (κ3) is 1.52. The summed E-state index contributed by atoms with van der Waals surface area (Å²) in [5, 5.41) is 0. The van der Waals surface area contributed by atoms with Gasteiger partial charge in [-0.3, -0.25) is 4.79 Å². The van der Waals surface area contributed by atoms with Crippen molar-refractivity contribution in [2.24, 2.45) is 17.3 Å². The van der Waals surface area contributed by atoms with Crippen molar-refractivity contribution in [2.75, 3.05) is 6.61 Å². The molecule has 0 aliphatic heterocycles. The Morgan fingerprint density at radius 3 is 2.58 bits per heavy atom. The molecule has 0 aromatic rings. The molecular formula is C10H15O2. The van der Waals surface area contributed by atoms with Gasteiger partial charge in [0.25, 0.3) is 0 Å². The molecule has 2 heteroatoms. The van der Waals surface area contributed by atoms with Gasteiger partial charge in [-0.2, -0.15) is 0 Å². The molecule has 1 radical (unpaired) electrons. The van der Waals surface area contributed by atoms with Gasteiger partial charge in [0.15, 0.2) is 0 Å². The largest absolute Gasteiger partial charge is 0.466 e. The van der Waals surface area contributed by atoms with Crippen LogP contribution in [0.2, 0.25) is 0 Å². The van der Waals surface area contributed by atoms with Crippen molar-refractivity contribution >= 4 is 5.97 Å². The predicted octanol–water partition coefficient (Wildman–Crippen LogP) is 1.81. The van der Waals surface area contributed by atoms with Crippen molar-refractivity contribution in [3.8, 4) is 0 Å². The van der Waals surface area contributed by atoms with E-state index in [0.717, 1.165) is 0 Å². The molecular weight excluding hydrogens is 152 g/mol. The highest BCUT2D eigenvalue weighted by Gasteiger charge is 2.56. The van der Waals surface area contributed by atoms with Crippen LogP contribution in [0.4, 0.5) is 0 Å². The molecule has 2 atom stereocenters. The van der Waals surface area contributed by atoms with Gasteiger partial charge in [-0.25, -0.2) is 0 Å². The van der Waals surface area contributed by atoms with Crippen LogP contribution in [0.3, 0.4) is 0 Å². The molecule has 0 aromatic heterocycles. The van der Waals surface area contributed by atoms with Crippen LogP contribution in [-0.2, 0) is 9.53 Å². The SMILES string of the molecule is [CH]=CC1C(COC(C)=O)C1(C)C. The summed E-state index contributed by atoms with van der Waals surface area (Å²) in [6.45, 7) is 11.6. The number of esters is 1. The van der Waals surface area contributed by atoms with Gasteiger partial charge in [0.1, 0.15) is 0 Å². The van der Waals surface area contributed by atoms with Crippen molar-refractivity contribution < 1.29 is 9.53 Å². The minimum atomic E-state index is -0.214. The Hall–Kier alpha value is -0.790. The number of allylic oxidation sites excluding steroid dienone is 1. The number of rotatable bonds is 3. The Labute approximate surface area is 73.6 Å². The van der Waals surface area contributed by atoms with E-state index in [0.29, 0.717) is 18.4 Å². The van der Waals surface area contributed by atoms with Crippen LogP contribution in [0.25, 0.3) is 0 Å². The standard InChI is InChI=1S/C10H15O2/c1-5-8-9(10(8,3)4)6-12-7(2)11/h1,5,8-9H,6H2,2-4H3. The van der Waals surface area contributed by atoms with Crippen molar-refractivity contribution in [3.05, 3.63) is 12.7 Å². The first-order valence-corrected chi connectivity index (χ1v) is 4.18. The predicted molar refractivity (Wildman–Crippen MR) is 46.3 cm³/mol. The second-order valence-corrected chi connectivity index (χ2v) is 3.95. The van der Waals surface area contributed by atoms with Crippen LogP contribution >= 0.6 is 0 Å². The van der Waals surface area contributed by atoms with Crippen molar-refractivity contribution in [2.45, 2.75) is 20.8 Å². The Morgan fingerprint density at radius 1 is 1.67 bits per heavy atom. The fraction of sp³-hybridized carbons (Fsp3) is 0.700. The molecule has 0 heterocycles. The zero-order chi connectivity index (χ0) is 9.35. The molecule has 12 heavy (non-hydrogen) atoms. The highest BCUT2D eigenvalue weighted by molar-refractivity contribution is 5.65. The third-order valence-electron chi connectivity index (χ3n) is 2.81. The topological polar surface area (TPSA) is 26.3 Å². The Morgan fingerprint density at radius 2 is 2.25 bits per heavy atom. The molecule has 0 spiro atoms. The number of ether oxygens (including phenoxy) is 1. The summed E-state index contributed by atoms with van der Waals surface area (Å²) in [4.78, 5) is 10.5. The van der Waals surface area contributed by atoms with E-state index in [9.17, 15) is 4.79 Å². The highest BCUT2D eigenvalue weighted by Crippen LogP contribution is 2.58. The molecule has 0 amide bonds. The Kier molecular flexibility index (Phi) is 2.27. The number of hydrogen-bond acceptors (Lipinski definition) is 2. The van der Waals surface area contributed by atoms with Gasteiger partial charge in [-0.1, -0.05) is 26.5 Å². The first kappa shape index (κ1) is 9.30. The summed E-state index contributed by atoms with van der Waals surface area (Å²) in [5.41, 5.74) is 0.212. The van der Waals surface area contributed by atoms with E-state index >= 15 is 0 Å². The normalized spacial score (nSPS) is 30.9. The lowest BCUT2D eigenvalue weighted by atomic mass is 10.1. The molecule has 0 bridgehead atoms. The maximum Gasteiger partial charge on any atom is 0.302 e. The Balaban J connectivity index is 2.37. The molecule has 1 fully saturated rings. The zero-order valence-corrected chi connectivity index (χ0v) is 7.83. The van der Waals surface area contributed by atoms with E-state index in [-0.39, 0.29) is 11.4 Å². The van der Waals surface area contributed by atoms with Gasteiger partial charge in [-0.15, -0.1) is 0 Å². The average molecular weight is 167 g/mol. The van der Waals surface area contributed by atoms with E-state index in [1.165, 1.54) is 6.92 Å². The summed E-state index contributed by atoms with van der Waals surface area (Å²) in [5.74, 6) is 0.594. The van der Waals surface area contributed by atoms with Gasteiger partial charge >= 0.3 is 5.97 Å². The summed E-state index contributed by atoms with van der Waals surface area (Å²) in [7, 11) is 0. The first-order chi connectivity index (χ1) is 5.50. The maximum atomic E-state index is 10.5. The Bertz CT molecular complexity index is 206. The smallest absolute Gasteiger partial charge is 0.302 e. The summed E-state index contributed by atoms with van der Waals surface area (Å²) in [6.07, 6.45) is 1.70. The monoisotopic (exact) mass is 167 g/mol. The van der Waals surface area contributed by atoms with Crippen molar-refractivity contribution in [1.29, 1.82) is 0 Å². The molecule has 0 N–H and O–H groups in total. The van der Waals surface area contributed by atoms with Gasteiger partial charge in [0.05, 0.1) is 6.61 Å². The van der Waals surface area contributed by atoms with Crippen LogP contribution in [0, 0.1) is 23.8 Å². The van der Waals surface area contributed by atoms with Crippen molar-refractivity contribution in [3.63, 3.8) is 0 Å². The van der Waals surface area contributed by atoms with E-state index in [1.807, 2.05) is 0 Å². The molecule has 1 saturated carbocycles. The number of carbonyl (C=O) groups excluding carboxylic acids is 1. The lowest BCUT2D eigenvalue weighted by Gasteiger charge is -2.02. The van der Waals surface area contributed by atoms with E-state index in [1.54, 1.807) is 6.08 Å². The molecule has 0 aromatic carbocycles. The third-order valence-corrected chi connectivity index (χ3v) is 2.81. The summed E-state index contributed by atoms with van der Waals surface area (Å²) < 4.78 is 4.92. The molecule has 1 aliphatic carbocycles. The molecule has 67 valence electrons. The summed E-state index contributed by atoms with van der Waals surface area (Å²) >= 11 is 0. The zero-order valence-electron chi connectivity index (χ0n) is 7.83. The highest BCUT2D eigenvalue weighted by atomic mass is 16.5. The minimum absolute atomic E-state index is 0.212. The van der Waals surface area contributed by atoms with Crippen LogP contribution in [0.15, 0.2) is 6.08 Å². The molecule has 2 nitrogen and oxygen atoms in total. The van der Waals surface area contributed by atoms with Crippen LogP contribution in [0.5, 0.6) is 0 Å². The second-order valence-electron chi connectivity index (χ2n) is 3.95. The average Bonchev–Trinajstić information content (AvgIpc) is 2.48. The van der Waals surface area contributed by atoms with Gasteiger partial charge in [-0.05, 0) is 11.3 Å². The van der Waals surface area contributed by atoms with E-state index in [2.05, 4.69) is 13.8 Å². The van der Waals surface area contributed by atoms with Gasteiger partial charge in [0.2, 0.25) is 0 Å². The first-order valence-electron chi connectivity index (χ1n) is 4.18. The molecule has 0 saturated heterocycles. The van der Waals surface area contributed by atoms with Gasteiger partial charge in [0, 0.05) is 12.8 Å². The fourth-order valence-corrected chi connectivity index (χ4v) is 1.69. The molecule has 1 aliphatic rings. The molecule has 2 unspecified atom stereocenters. The lowest BCUT2D eigenvalue weighted by molar-refractivity contribution is -0.141. The van der Waals surface area contributed by atoms with Crippen LogP contribution < -0.4 is 0 Å². The van der Waals surface area contributed by atoms with Crippen molar-refractivity contribution in [1.82, 2.24) is 0 Å². The van der Waals surface area contributed by atoms with Crippen LogP contribution in [0.1, 0.15) is 20.8 Å². The number of carbonyl (C=O) groups is 1. The minimum Gasteiger partial charge on any atom is -0.466 e. The van der Waals surface area contributed by atoms with E-state index in [4.69, 9.17) is 11.3 Å². The second kappa shape index (κ2) is 2.92. The lowest BCUT2D eigenvalue weighted by Crippen LogP contribution is -2.05. The van der Waals surface area contributed by atoms with Gasteiger partial charge < -0.3 is 4.74 Å². The fourth-order valence-electron chi connectivity index (χ4n) is 1.69. The molecule has 1 rings (SSSR count). The quantitative estimate of drug-likeness (QED) is 0.599. The number of hydrogen-bond donors (Lipinski definition) is 0.